The summed E-state index contributed by atoms with van der Waals surface area (Å²) in [4.78, 5) is 13.4. The van der Waals surface area contributed by atoms with Crippen molar-refractivity contribution in [1.82, 2.24) is 4.90 Å². The number of primary amides is 1. The zero-order valence-corrected chi connectivity index (χ0v) is 11.9. The van der Waals surface area contributed by atoms with Crippen LogP contribution in [0.3, 0.4) is 0 Å². The molecule has 0 spiro atoms. The van der Waals surface area contributed by atoms with E-state index in [0.717, 1.165) is 38.0 Å². The van der Waals surface area contributed by atoms with Crippen LogP contribution in [0, 0.1) is 5.92 Å². The second-order valence-electron chi connectivity index (χ2n) is 5.63. The molecule has 0 saturated carbocycles. The number of nitrogens with two attached hydrogens (primary N) is 2. The Morgan fingerprint density at radius 3 is 2.60 bits per heavy atom. The van der Waals surface area contributed by atoms with Gasteiger partial charge in [0, 0.05) is 17.8 Å². The molecule has 20 heavy (non-hydrogen) atoms. The van der Waals surface area contributed by atoms with Crippen molar-refractivity contribution >= 4 is 11.6 Å². The maximum atomic E-state index is 11.1. The monoisotopic (exact) mass is 277 g/mol. The molecule has 1 aromatic carbocycles. The lowest BCUT2D eigenvalue weighted by Crippen LogP contribution is -2.36. The standard InChI is InChI=1S/C15H23N3O2/c1-10(19)11-4-6-18(7-5-11)9-13-3-2-12(15(17)20)8-14(13)16/h2-3,8,10-11,19H,4-7,9,16H2,1H3,(H2,17,20). The van der Waals surface area contributed by atoms with Gasteiger partial charge in [0.1, 0.15) is 0 Å². The van der Waals surface area contributed by atoms with E-state index in [-0.39, 0.29) is 6.10 Å². The zero-order chi connectivity index (χ0) is 14.7. The van der Waals surface area contributed by atoms with Crippen LogP contribution in [0.15, 0.2) is 18.2 Å². The van der Waals surface area contributed by atoms with Gasteiger partial charge in [0.2, 0.25) is 5.91 Å². The Hall–Kier alpha value is -1.59. The molecule has 1 heterocycles. The predicted octanol–water partition coefficient (Wildman–Crippen LogP) is 0.961. The number of nitrogens with zero attached hydrogens (tertiary/aromatic N) is 1. The number of rotatable bonds is 4. The van der Waals surface area contributed by atoms with Crippen molar-refractivity contribution in [2.24, 2.45) is 11.7 Å². The molecule has 5 N–H and O–H groups in total. The normalized spacial score (nSPS) is 18.9. The van der Waals surface area contributed by atoms with Crippen molar-refractivity contribution in [2.45, 2.75) is 32.4 Å². The largest absolute Gasteiger partial charge is 0.398 e. The molecule has 0 aromatic heterocycles. The molecule has 0 aliphatic carbocycles. The van der Waals surface area contributed by atoms with Gasteiger partial charge in [-0.15, -0.1) is 0 Å². The van der Waals surface area contributed by atoms with E-state index in [1.54, 1.807) is 12.1 Å². The predicted molar refractivity (Wildman–Crippen MR) is 79.1 cm³/mol. The van der Waals surface area contributed by atoms with E-state index in [4.69, 9.17) is 11.5 Å². The molecule has 1 aliphatic heterocycles. The van der Waals surface area contributed by atoms with Crippen molar-refractivity contribution in [1.29, 1.82) is 0 Å². The molecule has 5 nitrogen and oxygen atoms in total. The third-order valence-electron chi connectivity index (χ3n) is 4.14. The summed E-state index contributed by atoms with van der Waals surface area (Å²) < 4.78 is 0. The van der Waals surface area contributed by atoms with Crippen LogP contribution in [0.25, 0.3) is 0 Å². The first-order valence-electron chi connectivity index (χ1n) is 7.06. The molecule has 0 radical (unpaired) electrons. The van der Waals surface area contributed by atoms with Gasteiger partial charge in [-0.25, -0.2) is 0 Å². The van der Waals surface area contributed by atoms with E-state index in [2.05, 4.69) is 4.90 Å². The molecule has 1 atom stereocenters. The molecule has 1 fully saturated rings. The van der Waals surface area contributed by atoms with E-state index in [9.17, 15) is 9.90 Å². The fraction of sp³-hybridized carbons (Fsp3) is 0.533. The van der Waals surface area contributed by atoms with Crippen LogP contribution in [0.4, 0.5) is 5.69 Å². The summed E-state index contributed by atoms with van der Waals surface area (Å²) in [6.07, 6.45) is 1.80. The summed E-state index contributed by atoms with van der Waals surface area (Å²) in [5, 5.41) is 9.60. The Bertz CT molecular complexity index is 480. The van der Waals surface area contributed by atoms with Crippen molar-refractivity contribution in [3.8, 4) is 0 Å². The Kier molecular flexibility index (Phi) is 4.62. The second kappa shape index (κ2) is 6.24. The summed E-state index contributed by atoms with van der Waals surface area (Å²) in [5.74, 6) is -0.0539. The zero-order valence-electron chi connectivity index (χ0n) is 11.9. The summed E-state index contributed by atoms with van der Waals surface area (Å²) in [6.45, 7) is 4.57. The molecule has 5 heteroatoms. The van der Waals surface area contributed by atoms with Crippen LogP contribution in [-0.2, 0) is 6.54 Å². The lowest BCUT2D eigenvalue weighted by atomic mass is 9.92. The number of anilines is 1. The van der Waals surface area contributed by atoms with Gasteiger partial charge in [-0.1, -0.05) is 6.07 Å². The Labute approximate surface area is 119 Å². The van der Waals surface area contributed by atoms with Crippen molar-refractivity contribution < 1.29 is 9.90 Å². The number of carbonyl (C=O) groups is 1. The molecular formula is C15H23N3O2. The highest BCUT2D eigenvalue weighted by atomic mass is 16.3. The van der Waals surface area contributed by atoms with Crippen LogP contribution in [0.1, 0.15) is 35.7 Å². The lowest BCUT2D eigenvalue weighted by Gasteiger charge is -2.33. The van der Waals surface area contributed by atoms with Gasteiger partial charge in [-0.3, -0.25) is 9.69 Å². The van der Waals surface area contributed by atoms with Crippen LogP contribution in [0.2, 0.25) is 0 Å². The molecule has 1 aromatic rings. The topological polar surface area (TPSA) is 92.6 Å². The van der Waals surface area contributed by atoms with Crippen molar-refractivity contribution in [3.05, 3.63) is 29.3 Å². The number of nitrogen functional groups attached to an aromatic ring is 1. The van der Waals surface area contributed by atoms with Crippen molar-refractivity contribution in [2.75, 3.05) is 18.8 Å². The highest BCUT2D eigenvalue weighted by Gasteiger charge is 2.22. The number of aliphatic hydroxyl groups excluding tert-OH is 1. The minimum atomic E-state index is -0.457. The van der Waals surface area contributed by atoms with E-state index in [1.165, 1.54) is 0 Å². The fourth-order valence-electron chi connectivity index (χ4n) is 2.73. The number of piperidine rings is 1. The average Bonchev–Trinajstić information content (AvgIpc) is 2.41. The van der Waals surface area contributed by atoms with E-state index in [1.807, 2.05) is 13.0 Å². The fourth-order valence-corrected chi connectivity index (χ4v) is 2.73. The van der Waals surface area contributed by atoms with E-state index >= 15 is 0 Å². The molecule has 1 unspecified atom stereocenters. The summed E-state index contributed by atoms with van der Waals surface area (Å²) >= 11 is 0. The van der Waals surface area contributed by atoms with Gasteiger partial charge in [0.05, 0.1) is 6.10 Å². The van der Waals surface area contributed by atoms with Crippen LogP contribution < -0.4 is 11.5 Å². The maximum absolute atomic E-state index is 11.1. The van der Waals surface area contributed by atoms with Gasteiger partial charge in [-0.05, 0) is 56.5 Å². The number of aliphatic hydroxyl groups is 1. The van der Waals surface area contributed by atoms with Gasteiger partial charge < -0.3 is 16.6 Å². The minimum absolute atomic E-state index is 0.225. The summed E-state index contributed by atoms with van der Waals surface area (Å²) in [5.41, 5.74) is 13.3. The number of benzene rings is 1. The Morgan fingerprint density at radius 2 is 2.10 bits per heavy atom. The smallest absolute Gasteiger partial charge is 0.248 e. The van der Waals surface area contributed by atoms with Crippen LogP contribution in [0.5, 0.6) is 0 Å². The van der Waals surface area contributed by atoms with E-state index < -0.39 is 5.91 Å². The van der Waals surface area contributed by atoms with Gasteiger partial charge >= 0.3 is 0 Å². The number of likely N-dealkylation sites (tertiary alicyclic amines) is 1. The highest BCUT2D eigenvalue weighted by molar-refractivity contribution is 5.93. The van der Waals surface area contributed by atoms with Crippen LogP contribution >= 0.6 is 0 Å². The lowest BCUT2D eigenvalue weighted by molar-refractivity contribution is 0.0696. The number of hydrogen-bond acceptors (Lipinski definition) is 4. The highest BCUT2D eigenvalue weighted by Crippen LogP contribution is 2.23. The quantitative estimate of drug-likeness (QED) is 0.715. The van der Waals surface area contributed by atoms with E-state index in [0.29, 0.717) is 17.2 Å². The first-order chi connectivity index (χ1) is 9.47. The Morgan fingerprint density at radius 1 is 1.45 bits per heavy atom. The average molecular weight is 277 g/mol. The molecule has 1 saturated heterocycles. The first kappa shape index (κ1) is 14.8. The molecule has 1 amide bonds. The molecular weight excluding hydrogens is 254 g/mol. The summed E-state index contributed by atoms with van der Waals surface area (Å²) in [6, 6.07) is 5.23. The molecule has 110 valence electrons. The minimum Gasteiger partial charge on any atom is -0.398 e. The SMILES string of the molecule is CC(O)C1CCN(Cc2ccc(C(N)=O)cc2N)CC1. The van der Waals surface area contributed by atoms with Gasteiger partial charge in [0.15, 0.2) is 0 Å². The van der Waals surface area contributed by atoms with Crippen LogP contribution in [-0.4, -0.2) is 35.1 Å². The third kappa shape index (κ3) is 3.49. The number of hydrogen-bond donors (Lipinski definition) is 3. The molecule has 1 aliphatic rings. The number of carbonyl (C=O) groups excluding carboxylic acids is 1. The molecule has 2 rings (SSSR count). The van der Waals surface area contributed by atoms with Gasteiger partial charge in [-0.2, -0.15) is 0 Å². The Balaban J connectivity index is 1.96. The maximum Gasteiger partial charge on any atom is 0.248 e. The molecule has 0 bridgehead atoms. The third-order valence-corrected chi connectivity index (χ3v) is 4.14. The van der Waals surface area contributed by atoms with Crippen molar-refractivity contribution in [3.63, 3.8) is 0 Å². The summed E-state index contributed by atoms with van der Waals surface area (Å²) in [7, 11) is 0. The second-order valence-corrected chi connectivity index (χ2v) is 5.63. The number of amides is 1. The first-order valence-corrected chi connectivity index (χ1v) is 7.06. The van der Waals surface area contributed by atoms with Gasteiger partial charge in [0.25, 0.3) is 0 Å².